The highest BCUT2D eigenvalue weighted by Crippen LogP contribution is 2.38. The van der Waals surface area contributed by atoms with E-state index in [9.17, 15) is 4.79 Å². The van der Waals surface area contributed by atoms with Gasteiger partial charge < -0.3 is 20.5 Å². The van der Waals surface area contributed by atoms with Gasteiger partial charge in [-0.3, -0.25) is 9.69 Å². The van der Waals surface area contributed by atoms with Crippen molar-refractivity contribution in [1.82, 2.24) is 10.2 Å². The number of nitrogens with one attached hydrogen (secondary N) is 1. The normalized spacial score (nSPS) is 17.3. The molecule has 1 atom stereocenters. The lowest BCUT2D eigenvalue weighted by molar-refractivity contribution is -0.121. The number of nitrogens with two attached hydrogens (primary N) is 1. The summed E-state index contributed by atoms with van der Waals surface area (Å²) in [6, 6.07) is 4.16. The van der Waals surface area contributed by atoms with Crippen LogP contribution in [0.25, 0.3) is 0 Å². The lowest BCUT2D eigenvalue weighted by atomic mass is 10.0. The van der Waals surface area contributed by atoms with Crippen molar-refractivity contribution in [2.45, 2.75) is 38.3 Å². The molecule has 26 heavy (non-hydrogen) atoms. The summed E-state index contributed by atoms with van der Waals surface area (Å²) in [6.07, 6.45) is 3.76. The summed E-state index contributed by atoms with van der Waals surface area (Å²) in [6.45, 7) is 2.73. The Morgan fingerprint density at radius 2 is 2.12 bits per heavy atom. The third-order valence-electron chi connectivity index (χ3n) is 4.59. The monoisotopic (exact) mass is 405 g/mol. The molecule has 1 aliphatic heterocycles. The van der Waals surface area contributed by atoms with Gasteiger partial charge >= 0.3 is 0 Å². The molecule has 0 bridgehead atoms. The first-order valence-electron chi connectivity index (χ1n) is 8.70. The van der Waals surface area contributed by atoms with E-state index in [0.29, 0.717) is 42.1 Å². The predicted octanol–water partition coefficient (Wildman–Crippen LogP) is 2.60. The lowest BCUT2D eigenvalue weighted by Gasteiger charge is -2.36. The summed E-state index contributed by atoms with van der Waals surface area (Å²) in [4.78, 5) is 14.1. The van der Waals surface area contributed by atoms with Gasteiger partial charge in [0.05, 0.1) is 19.2 Å². The Morgan fingerprint density at radius 3 is 2.77 bits per heavy atom. The summed E-state index contributed by atoms with van der Waals surface area (Å²) in [7, 11) is 3.18. The molecule has 1 aliphatic rings. The average Bonchev–Trinajstić information content (AvgIpc) is 2.62. The van der Waals surface area contributed by atoms with Gasteiger partial charge in [-0.15, -0.1) is 12.4 Å². The summed E-state index contributed by atoms with van der Waals surface area (Å²) in [5.74, 6) is 1.20. The number of rotatable bonds is 8. The van der Waals surface area contributed by atoms with Crippen molar-refractivity contribution in [2.75, 3.05) is 33.9 Å². The van der Waals surface area contributed by atoms with Gasteiger partial charge in [0.25, 0.3) is 0 Å². The summed E-state index contributed by atoms with van der Waals surface area (Å²) in [5.41, 5.74) is 6.43. The van der Waals surface area contributed by atoms with Gasteiger partial charge in [-0.05, 0) is 31.0 Å². The number of hydrogen-bond acceptors (Lipinski definition) is 5. The Labute approximate surface area is 166 Å². The molecule has 0 aromatic heterocycles. The minimum absolute atomic E-state index is 0. The van der Waals surface area contributed by atoms with E-state index in [1.165, 1.54) is 6.42 Å². The smallest absolute Gasteiger partial charge is 0.221 e. The Morgan fingerprint density at radius 1 is 1.35 bits per heavy atom. The molecule has 1 amide bonds. The van der Waals surface area contributed by atoms with Gasteiger partial charge in [0.15, 0.2) is 11.5 Å². The minimum atomic E-state index is 0. The maximum absolute atomic E-state index is 11.7. The third-order valence-corrected chi connectivity index (χ3v) is 5.01. The number of piperidine rings is 1. The zero-order chi connectivity index (χ0) is 18.2. The molecule has 8 heteroatoms. The largest absolute Gasteiger partial charge is 0.493 e. The number of benzene rings is 1. The number of halogens is 2. The number of ether oxygens (including phenoxy) is 2. The summed E-state index contributed by atoms with van der Waals surface area (Å²) < 4.78 is 10.7. The number of nitrogens with zero attached hydrogens (tertiary/aromatic N) is 1. The van der Waals surface area contributed by atoms with Crippen molar-refractivity contribution in [2.24, 2.45) is 5.73 Å². The van der Waals surface area contributed by atoms with Crippen molar-refractivity contribution >= 4 is 29.9 Å². The van der Waals surface area contributed by atoms with Gasteiger partial charge in [-0.1, -0.05) is 24.1 Å². The Kier molecular flexibility index (Phi) is 10.1. The highest BCUT2D eigenvalue weighted by atomic mass is 35.5. The van der Waals surface area contributed by atoms with E-state index in [1.54, 1.807) is 14.2 Å². The topological polar surface area (TPSA) is 76.8 Å². The molecule has 148 valence electrons. The van der Waals surface area contributed by atoms with Crippen molar-refractivity contribution < 1.29 is 14.3 Å². The van der Waals surface area contributed by atoms with Crippen LogP contribution in [-0.2, 0) is 11.3 Å². The van der Waals surface area contributed by atoms with Crippen LogP contribution in [0.2, 0.25) is 5.02 Å². The van der Waals surface area contributed by atoms with Crippen LogP contribution in [0, 0.1) is 0 Å². The second-order valence-electron chi connectivity index (χ2n) is 6.24. The molecule has 2 rings (SSSR count). The minimum Gasteiger partial charge on any atom is -0.493 e. The van der Waals surface area contributed by atoms with Gasteiger partial charge in [0, 0.05) is 32.1 Å². The molecule has 0 aliphatic carbocycles. The molecule has 0 spiro atoms. The van der Waals surface area contributed by atoms with Gasteiger partial charge in [0.2, 0.25) is 5.91 Å². The number of carbonyl (C=O) groups is 1. The number of hydrogen-bond donors (Lipinski definition) is 2. The Hall–Kier alpha value is -1.21. The molecule has 3 N–H and O–H groups in total. The first-order valence-corrected chi connectivity index (χ1v) is 9.08. The van der Waals surface area contributed by atoms with Crippen molar-refractivity contribution in [1.29, 1.82) is 0 Å². The summed E-state index contributed by atoms with van der Waals surface area (Å²) >= 11 is 6.51. The van der Waals surface area contributed by atoms with E-state index in [2.05, 4.69) is 10.2 Å². The maximum atomic E-state index is 11.7. The van der Waals surface area contributed by atoms with E-state index in [-0.39, 0.29) is 18.3 Å². The Balaban J connectivity index is 0.00000338. The van der Waals surface area contributed by atoms with Crippen LogP contribution < -0.4 is 20.5 Å². The number of likely N-dealkylation sites (tertiary alicyclic amines) is 1. The van der Waals surface area contributed by atoms with Crippen LogP contribution in [0.3, 0.4) is 0 Å². The van der Waals surface area contributed by atoms with E-state index >= 15 is 0 Å². The quantitative estimate of drug-likeness (QED) is 0.694. The molecule has 0 radical (unpaired) electrons. The SMILES string of the molecule is COc1ccc(CN2CCCCC2CNC(=O)CCN)c(Cl)c1OC.Cl. The zero-order valence-electron chi connectivity index (χ0n) is 15.4. The highest BCUT2D eigenvalue weighted by Gasteiger charge is 2.24. The first-order chi connectivity index (χ1) is 12.1. The van der Waals surface area contributed by atoms with E-state index in [1.807, 2.05) is 12.1 Å². The van der Waals surface area contributed by atoms with Gasteiger partial charge in [0.1, 0.15) is 0 Å². The second kappa shape index (κ2) is 11.5. The molecule has 1 aromatic rings. The molecule has 1 fully saturated rings. The standard InChI is InChI=1S/C18H28ClN3O3.ClH/c1-24-15-7-6-13(17(19)18(15)25-2)12-22-10-4-3-5-14(22)11-21-16(23)8-9-20;/h6-7,14H,3-5,8-12,20H2,1-2H3,(H,21,23);1H. The van der Waals surface area contributed by atoms with E-state index in [0.717, 1.165) is 31.5 Å². The van der Waals surface area contributed by atoms with E-state index < -0.39 is 0 Å². The predicted molar refractivity (Wildman–Crippen MR) is 107 cm³/mol. The maximum Gasteiger partial charge on any atom is 0.221 e. The van der Waals surface area contributed by atoms with E-state index in [4.69, 9.17) is 26.8 Å². The molecule has 6 nitrogen and oxygen atoms in total. The van der Waals surface area contributed by atoms with Gasteiger partial charge in [-0.2, -0.15) is 0 Å². The van der Waals surface area contributed by atoms with Crippen molar-refractivity contribution in [3.8, 4) is 11.5 Å². The van der Waals surface area contributed by atoms with Crippen molar-refractivity contribution in [3.63, 3.8) is 0 Å². The Bertz CT molecular complexity index is 587. The molecule has 1 unspecified atom stereocenters. The fourth-order valence-electron chi connectivity index (χ4n) is 3.22. The fourth-order valence-corrected chi connectivity index (χ4v) is 3.51. The molecular formula is C18H29Cl2N3O3. The van der Waals surface area contributed by atoms with Crippen LogP contribution >= 0.6 is 24.0 Å². The molecule has 0 saturated carbocycles. The fraction of sp³-hybridized carbons (Fsp3) is 0.611. The van der Waals surface area contributed by atoms with Crippen LogP contribution in [0.15, 0.2) is 12.1 Å². The third kappa shape index (κ3) is 5.91. The van der Waals surface area contributed by atoms with Crippen molar-refractivity contribution in [3.05, 3.63) is 22.7 Å². The van der Waals surface area contributed by atoms with Gasteiger partial charge in [-0.25, -0.2) is 0 Å². The first kappa shape index (κ1) is 22.8. The number of methoxy groups -OCH3 is 2. The highest BCUT2D eigenvalue weighted by molar-refractivity contribution is 6.33. The second-order valence-corrected chi connectivity index (χ2v) is 6.61. The van der Waals surface area contributed by atoms with Crippen LogP contribution in [0.5, 0.6) is 11.5 Å². The molecule has 1 aromatic carbocycles. The average molecular weight is 406 g/mol. The lowest BCUT2D eigenvalue weighted by Crippen LogP contribution is -2.46. The van der Waals surface area contributed by atoms with Crippen LogP contribution in [-0.4, -0.2) is 50.7 Å². The summed E-state index contributed by atoms with van der Waals surface area (Å²) in [5, 5.41) is 3.57. The number of amides is 1. The number of carbonyl (C=O) groups excluding carboxylic acids is 1. The van der Waals surface area contributed by atoms with Crippen LogP contribution in [0.4, 0.5) is 0 Å². The van der Waals surface area contributed by atoms with Crippen LogP contribution in [0.1, 0.15) is 31.2 Å². The molecular weight excluding hydrogens is 377 g/mol. The zero-order valence-corrected chi connectivity index (χ0v) is 17.0. The molecule has 1 heterocycles. The molecule has 1 saturated heterocycles.